The van der Waals surface area contributed by atoms with Crippen LogP contribution in [0.1, 0.15) is 31.1 Å². The van der Waals surface area contributed by atoms with Crippen LogP contribution >= 0.6 is 27.3 Å². The first-order valence-electron chi connectivity index (χ1n) is 6.24. The van der Waals surface area contributed by atoms with E-state index in [4.69, 9.17) is 0 Å². The van der Waals surface area contributed by atoms with Crippen LogP contribution in [0.5, 0.6) is 0 Å². The van der Waals surface area contributed by atoms with Gasteiger partial charge in [0.2, 0.25) is 0 Å². The number of carboxylic acids is 1. The third-order valence-electron chi connectivity index (χ3n) is 3.62. The molecule has 2 heterocycles. The van der Waals surface area contributed by atoms with Crippen molar-refractivity contribution >= 4 is 33.2 Å². The van der Waals surface area contributed by atoms with Gasteiger partial charge in [-0.25, -0.2) is 0 Å². The van der Waals surface area contributed by atoms with Crippen molar-refractivity contribution in [2.75, 3.05) is 13.1 Å². The zero-order valence-electron chi connectivity index (χ0n) is 10.5. The Kier molecular flexibility index (Phi) is 4.45. The molecule has 1 aromatic heterocycles. The van der Waals surface area contributed by atoms with Gasteiger partial charge in [0, 0.05) is 27.8 Å². The Balaban J connectivity index is 2.00. The first kappa shape index (κ1) is 14.0. The first-order chi connectivity index (χ1) is 8.55. The highest BCUT2D eigenvalue weighted by molar-refractivity contribution is 9.10. The Morgan fingerprint density at radius 1 is 1.67 bits per heavy atom. The summed E-state index contributed by atoms with van der Waals surface area (Å²) in [4.78, 5) is 15.0. The summed E-state index contributed by atoms with van der Waals surface area (Å²) in [5, 5.41) is 11.5. The van der Waals surface area contributed by atoms with Gasteiger partial charge in [-0.2, -0.15) is 0 Å². The Hall–Kier alpha value is -0.390. The van der Waals surface area contributed by atoms with E-state index >= 15 is 0 Å². The summed E-state index contributed by atoms with van der Waals surface area (Å²) < 4.78 is 1.11. The Bertz CT molecular complexity index is 434. The predicted octanol–water partition coefficient (Wildman–Crippen LogP) is 3.59. The fourth-order valence-corrected chi connectivity index (χ4v) is 4.21. The zero-order chi connectivity index (χ0) is 13.2. The molecule has 1 saturated heterocycles. The third kappa shape index (κ3) is 2.95. The molecule has 1 aromatic rings. The highest BCUT2D eigenvalue weighted by Gasteiger charge is 2.43. The van der Waals surface area contributed by atoms with Gasteiger partial charge in [-0.05, 0) is 41.4 Å². The van der Waals surface area contributed by atoms with E-state index in [2.05, 4.69) is 39.2 Å². The molecule has 1 atom stereocenters. The monoisotopic (exact) mass is 331 g/mol. The number of carbonyl (C=O) groups is 1. The summed E-state index contributed by atoms with van der Waals surface area (Å²) in [5.74, 6) is -0.626. The zero-order valence-corrected chi connectivity index (χ0v) is 12.9. The van der Waals surface area contributed by atoms with Gasteiger partial charge in [-0.1, -0.05) is 13.3 Å². The van der Waals surface area contributed by atoms with Gasteiger partial charge >= 0.3 is 5.97 Å². The van der Waals surface area contributed by atoms with Crippen molar-refractivity contribution in [2.24, 2.45) is 5.41 Å². The molecule has 1 unspecified atom stereocenters. The molecule has 0 bridgehead atoms. The number of aliphatic carboxylic acids is 1. The van der Waals surface area contributed by atoms with Crippen LogP contribution < -0.4 is 0 Å². The number of rotatable bonds is 5. The highest BCUT2D eigenvalue weighted by Crippen LogP contribution is 2.36. The van der Waals surface area contributed by atoms with Gasteiger partial charge in [0.25, 0.3) is 0 Å². The van der Waals surface area contributed by atoms with Crippen molar-refractivity contribution in [1.29, 1.82) is 0 Å². The van der Waals surface area contributed by atoms with Gasteiger partial charge in [0.15, 0.2) is 0 Å². The van der Waals surface area contributed by atoms with Crippen LogP contribution in [0, 0.1) is 5.41 Å². The van der Waals surface area contributed by atoms with E-state index in [9.17, 15) is 9.90 Å². The normalized spacial score (nSPS) is 24.6. The number of likely N-dealkylation sites (tertiary alicyclic amines) is 1. The standard InChI is InChI=1S/C13H18BrNO2S/c1-2-3-13(12(16)17)4-5-15(9-13)7-11-6-10(14)8-18-11/h6,8H,2-5,7,9H2,1H3,(H,16,17). The maximum Gasteiger partial charge on any atom is 0.310 e. The largest absolute Gasteiger partial charge is 0.481 e. The van der Waals surface area contributed by atoms with Crippen LogP contribution in [-0.4, -0.2) is 29.1 Å². The molecule has 100 valence electrons. The van der Waals surface area contributed by atoms with E-state index in [1.807, 2.05) is 0 Å². The molecule has 0 amide bonds. The Labute approximate surface area is 120 Å². The topological polar surface area (TPSA) is 40.5 Å². The lowest BCUT2D eigenvalue weighted by Crippen LogP contribution is -2.34. The minimum absolute atomic E-state index is 0.511. The maximum absolute atomic E-state index is 11.5. The highest BCUT2D eigenvalue weighted by atomic mass is 79.9. The molecule has 2 rings (SSSR count). The SMILES string of the molecule is CCCC1(C(=O)O)CCN(Cc2cc(Br)cs2)C1. The van der Waals surface area contributed by atoms with E-state index in [-0.39, 0.29) is 0 Å². The van der Waals surface area contributed by atoms with Crippen molar-refractivity contribution in [3.05, 3.63) is 20.8 Å². The molecule has 1 N–H and O–H groups in total. The molecule has 1 aliphatic heterocycles. The second-order valence-corrected chi connectivity index (χ2v) is 6.94. The number of thiophene rings is 1. The van der Waals surface area contributed by atoms with E-state index < -0.39 is 11.4 Å². The molecular weight excluding hydrogens is 314 g/mol. The number of halogens is 1. The number of hydrogen-bond donors (Lipinski definition) is 1. The Morgan fingerprint density at radius 3 is 3.00 bits per heavy atom. The van der Waals surface area contributed by atoms with Crippen LogP contribution in [-0.2, 0) is 11.3 Å². The van der Waals surface area contributed by atoms with Gasteiger partial charge < -0.3 is 5.11 Å². The molecule has 0 radical (unpaired) electrons. The van der Waals surface area contributed by atoms with Crippen molar-refractivity contribution in [3.8, 4) is 0 Å². The minimum Gasteiger partial charge on any atom is -0.481 e. The first-order valence-corrected chi connectivity index (χ1v) is 7.92. The van der Waals surface area contributed by atoms with Crippen LogP contribution in [0.4, 0.5) is 0 Å². The lowest BCUT2D eigenvalue weighted by atomic mass is 9.83. The van der Waals surface area contributed by atoms with Crippen molar-refractivity contribution in [1.82, 2.24) is 4.90 Å². The van der Waals surface area contributed by atoms with Crippen LogP contribution in [0.2, 0.25) is 0 Å². The molecule has 0 aromatic carbocycles. The minimum atomic E-state index is -0.626. The van der Waals surface area contributed by atoms with E-state index in [0.717, 1.165) is 36.8 Å². The van der Waals surface area contributed by atoms with Gasteiger partial charge in [0.05, 0.1) is 5.41 Å². The van der Waals surface area contributed by atoms with E-state index in [0.29, 0.717) is 6.54 Å². The van der Waals surface area contributed by atoms with Crippen molar-refractivity contribution < 1.29 is 9.90 Å². The number of carboxylic acid groups (broad SMARTS) is 1. The second-order valence-electron chi connectivity index (χ2n) is 5.03. The van der Waals surface area contributed by atoms with Crippen LogP contribution in [0.15, 0.2) is 15.9 Å². The summed E-state index contributed by atoms with van der Waals surface area (Å²) >= 11 is 5.17. The summed E-state index contributed by atoms with van der Waals surface area (Å²) in [5.41, 5.74) is -0.511. The summed E-state index contributed by atoms with van der Waals surface area (Å²) in [7, 11) is 0. The third-order valence-corrected chi connectivity index (χ3v) is 5.30. The maximum atomic E-state index is 11.5. The molecular formula is C13H18BrNO2S. The van der Waals surface area contributed by atoms with Crippen molar-refractivity contribution in [3.63, 3.8) is 0 Å². The average molecular weight is 332 g/mol. The summed E-state index contributed by atoms with van der Waals surface area (Å²) in [6, 6.07) is 2.12. The molecule has 18 heavy (non-hydrogen) atoms. The smallest absolute Gasteiger partial charge is 0.310 e. The van der Waals surface area contributed by atoms with Crippen molar-refractivity contribution in [2.45, 2.75) is 32.7 Å². The lowest BCUT2D eigenvalue weighted by molar-refractivity contribution is -0.148. The molecule has 0 spiro atoms. The quantitative estimate of drug-likeness (QED) is 0.896. The summed E-state index contributed by atoms with van der Waals surface area (Å²) in [6.07, 6.45) is 2.50. The van der Waals surface area contributed by atoms with Crippen LogP contribution in [0.25, 0.3) is 0 Å². The molecule has 0 saturated carbocycles. The lowest BCUT2D eigenvalue weighted by Gasteiger charge is -2.24. The fourth-order valence-electron chi connectivity index (χ4n) is 2.71. The Morgan fingerprint density at radius 2 is 2.44 bits per heavy atom. The molecule has 1 fully saturated rings. The number of hydrogen-bond acceptors (Lipinski definition) is 3. The van der Waals surface area contributed by atoms with E-state index in [1.165, 1.54) is 4.88 Å². The molecule has 1 aliphatic rings. The predicted molar refractivity (Wildman–Crippen MR) is 76.9 cm³/mol. The molecule has 0 aliphatic carbocycles. The average Bonchev–Trinajstić information content (AvgIpc) is 2.88. The fraction of sp³-hybridized carbons (Fsp3) is 0.615. The molecule has 3 nitrogen and oxygen atoms in total. The van der Waals surface area contributed by atoms with Crippen LogP contribution in [0.3, 0.4) is 0 Å². The number of nitrogens with zero attached hydrogens (tertiary/aromatic N) is 1. The summed E-state index contributed by atoms with van der Waals surface area (Å²) in [6.45, 7) is 4.51. The van der Waals surface area contributed by atoms with Gasteiger partial charge in [0.1, 0.15) is 0 Å². The van der Waals surface area contributed by atoms with Gasteiger partial charge in [-0.3, -0.25) is 9.69 Å². The second kappa shape index (κ2) is 5.72. The van der Waals surface area contributed by atoms with Gasteiger partial charge in [-0.15, -0.1) is 11.3 Å². The van der Waals surface area contributed by atoms with E-state index in [1.54, 1.807) is 11.3 Å². The molecule has 5 heteroatoms.